The summed E-state index contributed by atoms with van der Waals surface area (Å²) in [6.07, 6.45) is 1.83. The van der Waals surface area contributed by atoms with Crippen LogP contribution in [0.1, 0.15) is 12.6 Å². The van der Waals surface area contributed by atoms with Gasteiger partial charge in [0.2, 0.25) is 10.0 Å². The van der Waals surface area contributed by atoms with Crippen LogP contribution in [-0.4, -0.2) is 23.9 Å². The Hall–Kier alpha value is -1.01. The molecule has 1 heterocycles. The van der Waals surface area contributed by atoms with Crippen molar-refractivity contribution in [3.8, 4) is 0 Å². The second-order valence-electron chi connectivity index (χ2n) is 2.82. The van der Waals surface area contributed by atoms with Gasteiger partial charge in [-0.05, 0) is 19.1 Å². The summed E-state index contributed by atoms with van der Waals surface area (Å²) in [6.45, 7) is 1.55. The fraction of sp³-hybridized carbons (Fsp3) is 0.429. The Bertz CT molecular complexity index is 363. The van der Waals surface area contributed by atoms with Crippen LogP contribution in [0.15, 0.2) is 18.3 Å². The number of sulfonamides is 1. The summed E-state index contributed by atoms with van der Waals surface area (Å²) in [6, 6.07) is 3.42. The molecule has 0 aliphatic heterocycles. The van der Waals surface area contributed by atoms with Crippen molar-refractivity contribution in [1.29, 1.82) is 0 Å². The molecule has 0 saturated heterocycles. The molecule has 1 aromatic heterocycles. The number of hydrogen-bond donors (Lipinski definition) is 1. The number of aromatic nitrogens is 2. The predicted molar refractivity (Wildman–Crippen MR) is 48.3 cm³/mol. The molecule has 0 aliphatic rings. The molecular weight excluding hydrogens is 190 g/mol. The van der Waals surface area contributed by atoms with Crippen LogP contribution in [0.4, 0.5) is 0 Å². The van der Waals surface area contributed by atoms with Gasteiger partial charge in [-0.1, -0.05) is 0 Å². The minimum atomic E-state index is -3.47. The van der Waals surface area contributed by atoms with Crippen LogP contribution in [0.3, 0.4) is 0 Å². The van der Waals surface area contributed by atoms with E-state index in [2.05, 4.69) is 10.2 Å². The lowest BCUT2D eigenvalue weighted by molar-refractivity contribution is 0.583. The van der Waals surface area contributed by atoms with E-state index < -0.39 is 15.3 Å². The van der Waals surface area contributed by atoms with E-state index in [1.165, 1.54) is 6.20 Å². The highest BCUT2D eigenvalue weighted by atomic mass is 32.2. The van der Waals surface area contributed by atoms with Gasteiger partial charge in [-0.3, -0.25) is 0 Å². The van der Waals surface area contributed by atoms with Crippen molar-refractivity contribution >= 4 is 10.0 Å². The summed E-state index contributed by atoms with van der Waals surface area (Å²) in [5.41, 5.74) is 0.629. The first-order valence-electron chi connectivity index (χ1n) is 3.78. The minimum absolute atomic E-state index is 0.298. The standard InChI is InChI=1S/C7H11N3O2S/c1-6(13(8,11)12)5-7-3-2-4-9-10-7/h2-4,6H,5H2,1H3,(H2,8,11,12). The molecule has 1 aromatic rings. The third-order valence-corrected chi connectivity index (χ3v) is 2.97. The van der Waals surface area contributed by atoms with Crippen LogP contribution in [0.2, 0.25) is 0 Å². The smallest absolute Gasteiger partial charge is 0.212 e. The topological polar surface area (TPSA) is 85.9 Å². The van der Waals surface area contributed by atoms with Gasteiger partial charge in [0.05, 0.1) is 10.9 Å². The summed E-state index contributed by atoms with van der Waals surface area (Å²) in [5, 5.41) is 11.7. The van der Waals surface area contributed by atoms with Gasteiger partial charge in [0, 0.05) is 12.6 Å². The zero-order valence-electron chi connectivity index (χ0n) is 7.21. The van der Waals surface area contributed by atoms with E-state index in [1.54, 1.807) is 19.1 Å². The maximum absolute atomic E-state index is 10.9. The molecule has 5 nitrogen and oxygen atoms in total. The lowest BCUT2D eigenvalue weighted by atomic mass is 10.2. The second-order valence-corrected chi connectivity index (χ2v) is 4.80. The largest absolute Gasteiger partial charge is 0.228 e. The van der Waals surface area contributed by atoms with Gasteiger partial charge >= 0.3 is 0 Å². The predicted octanol–water partition coefficient (Wildman–Crippen LogP) is -0.304. The molecule has 6 heteroatoms. The SMILES string of the molecule is CC(Cc1cccnn1)S(N)(=O)=O. The van der Waals surface area contributed by atoms with Crippen molar-refractivity contribution < 1.29 is 8.42 Å². The van der Waals surface area contributed by atoms with Gasteiger partial charge in [0.25, 0.3) is 0 Å². The van der Waals surface area contributed by atoms with E-state index in [4.69, 9.17) is 5.14 Å². The van der Waals surface area contributed by atoms with E-state index in [1.807, 2.05) is 0 Å². The van der Waals surface area contributed by atoms with Crippen molar-refractivity contribution in [2.75, 3.05) is 0 Å². The number of primary sulfonamides is 1. The van der Waals surface area contributed by atoms with E-state index in [-0.39, 0.29) is 0 Å². The molecule has 0 bridgehead atoms. The summed E-state index contributed by atoms with van der Waals surface area (Å²) < 4.78 is 21.7. The van der Waals surface area contributed by atoms with Crippen LogP contribution >= 0.6 is 0 Å². The summed E-state index contributed by atoms with van der Waals surface area (Å²) >= 11 is 0. The van der Waals surface area contributed by atoms with Gasteiger partial charge in [-0.15, -0.1) is 0 Å². The molecule has 1 atom stereocenters. The molecule has 0 radical (unpaired) electrons. The van der Waals surface area contributed by atoms with E-state index in [9.17, 15) is 8.42 Å². The number of nitrogens with zero attached hydrogens (tertiary/aromatic N) is 2. The third-order valence-electron chi connectivity index (χ3n) is 1.68. The molecule has 13 heavy (non-hydrogen) atoms. The lowest BCUT2D eigenvalue weighted by Crippen LogP contribution is -2.27. The Balaban J connectivity index is 2.72. The molecule has 0 aliphatic carbocycles. The maximum atomic E-state index is 10.9. The Kier molecular flexibility index (Phi) is 2.94. The monoisotopic (exact) mass is 201 g/mol. The maximum Gasteiger partial charge on any atom is 0.212 e. The normalized spacial score (nSPS) is 14.0. The zero-order valence-corrected chi connectivity index (χ0v) is 8.03. The molecule has 0 spiro atoms. The average molecular weight is 201 g/mol. The van der Waals surface area contributed by atoms with E-state index >= 15 is 0 Å². The molecule has 2 N–H and O–H groups in total. The quantitative estimate of drug-likeness (QED) is 0.727. The van der Waals surface area contributed by atoms with Crippen LogP contribution in [0.5, 0.6) is 0 Å². The third kappa shape index (κ3) is 3.08. The fourth-order valence-corrected chi connectivity index (χ4v) is 1.26. The molecule has 1 unspecified atom stereocenters. The lowest BCUT2D eigenvalue weighted by Gasteiger charge is -2.06. The number of rotatable bonds is 3. The first kappa shape index (κ1) is 10.1. The van der Waals surface area contributed by atoms with Gasteiger partial charge in [-0.2, -0.15) is 10.2 Å². The summed E-state index contributed by atoms with van der Waals surface area (Å²) in [4.78, 5) is 0. The first-order valence-corrected chi connectivity index (χ1v) is 5.39. The van der Waals surface area contributed by atoms with E-state index in [0.29, 0.717) is 12.1 Å². The van der Waals surface area contributed by atoms with E-state index in [0.717, 1.165) is 0 Å². The Morgan fingerprint density at radius 1 is 1.62 bits per heavy atom. The highest BCUT2D eigenvalue weighted by Gasteiger charge is 2.16. The van der Waals surface area contributed by atoms with Gasteiger partial charge in [0.15, 0.2) is 0 Å². The second kappa shape index (κ2) is 3.80. The summed E-state index contributed by atoms with van der Waals surface area (Å²) in [7, 11) is -3.47. The van der Waals surface area contributed by atoms with Crippen LogP contribution < -0.4 is 5.14 Å². The van der Waals surface area contributed by atoms with Crippen molar-refractivity contribution in [1.82, 2.24) is 10.2 Å². The molecule has 0 saturated carbocycles. The molecule has 0 fully saturated rings. The molecule has 0 aromatic carbocycles. The highest BCUT2D eigenvalue weighted by molar-refractivity contribution is 7.89. The van der Waals surface area contributed by atoms with Gasteiger partial charge < -0.3 is 0 Å². The Labute approximate surface area is 77.0 Å². The molecule has 1 rings (SSSR count). The Morgan fingerprint density at radius 3 is 2.77 bits per heavy atom. The van der Waals surface area contributed by atoms with Crippen LogP contribution in [0.25, 0.3) is 0 Å². The van der Waals surface area contributed by atoms with Crippen molar-refractivity contribution in [2.45, 2.75) is 18.6 Å². The van der Waals surface area contributed by atoms with Crippen molar-refractivity contribution in [3.05, 3.63) is 24.0 Å². The average Bonchev–Trinajstić information content (AvgIpc) is 2.04. The molecule has 72 valence electrons. The first-order chi connectivity index (χ1) is 6.00. The van der Waals surface area contributed by atoms with Crippen molar-refractivity contribution in [2.24, 2.45) is 5.14 Å². The Morgan fingerprint density at radius 2 is 2.31 bits per heavy atom. The van der Waals surface area contributed by atoms with Crippen LogP contribution in [0, 0.1) is 0 Å². The number of hydrogen-bond acceptors (Lipinski definition) is 4. The fourth-order valence-electron chi connectivity index (χ4n) is 0.853. The minimum Gasteiger partial charge on any atom is -0.228 e. The highest BCUT2D eigenvalue weighted by Crippen LogP contribution is 2.03. The molecular formula is C7H11N3O2S. The number of nitrogens with two attached hydrogens (primary N) is 1. The van der Waals surface area contributed by atoms with Gasteiger partial charge in [-0.25, -0.2) is 13.6 Å². The summed E-state index contributed by atoms with van der Waals surface area (Å²) in [5.74, 6) is 0. The van der Waals surface area contributed by atoms with Crippen LogP contribution in [-0.2, 0) is 16.4 Å². The zero-order chi connectivity index (χ0) is 9.90. The van der Waals surface area contributed by atoms with Crippen molar-refractivity contribution in [3.63, 3.8) is 0 Å². The van der Waals surface area contributed by atoms with Gasteiger partial charge in [0.1, 0.15) is 0 Å². The molecule has 0 amide bonds.